The Balaban J connectivity index is 1.76. The van der Waals surface area contributed by atoms with Gasteiger partial charge in [0.1, 0.15) is 16.2 Å². The summed E-state index contributed by atoms with van der Waals surface area (Å²) >= 11 is 1.27. The minimum Gasteiger partial charge on any atom is -0.456 e. The zero-order valence-corrected chi connectivity index (χ0v) is 23.7. The lowest BCUT2D eigenvalue weighted by Crippen LogP contribution is -2.62. The molecule has 0 spiro atoms. The molecule has 0 radical (unpaired) electrons. The molecule has 1 aromatic carbocycles. The second-order valence-electron chi connectivity index (χ2n) is 10.1. The van der Waals surface area contributed by atoms with Crippen LogP contribution in [0, 0.1) is 16.0 Å². The molecule has 0 saturated carbocycles. The zero-order chi connectivity index (χ0) is 26.3. The minimum absolute atomic E-state index is 0.0173. The summed E-state index contributed by atoms with van der Waals surface area (Å²) in [5.74, 6) is -1.12. The molecule has 1 unspecified atom stereocenters. The number of carbonyl (C=O) groups is 2. The molecule has 1 fully saturated rings. The van der Waals surface area contributed by atoms with Crippen LogP contribution in [0.1, 0.15) is 40.2 Å². The lowest BCUT2D eigenvalue weighted by atomic mass is 9.92. The maximum absolute atomic E-state index is 13.2. The third-order valence-electron chi connectivity index (χ3n) is 6.72. The fraction of sp³-hybridized carbons (Fsp3) is 0.565. The molecule has 2 heterocycles. The predicted molar refractivity (Wildman–Crippen MR) is 138 cm³/mol. The average Bonchev–Trinajstić information content (AvgIpc) is 3.11. The molecule has 0 N–H and O–H groups in total. The molecular formula is C23H32N2O7S2Si. The number of β-lactam (4-membered cyclic amide) rings is 1. The van der Waals surface area contributed by atoms with Gasteiger partial charge in [0, 0.05) is 17.9 Å². The van der Waals surface area contributed by atoms with Gasteiger partial charge in [-0.05, 0) is 42.8 Å². The maximum atomic E-state index is 13.2. The van der Waals surface area contributed by atoms with E-state index in [2.05, 4.69) is 33.9 Å². The van der Waals surface area contributed by atoms with Gasteiger partial charge in [-0.25, -0.2) is 4.79 Å². The molecule has 0 bridgehead atoms. The number of benzene rings is 1. The first-order valence-electron chi connectivity index (χ1n) is 11.4. The van der Waals surface area contributed by atoms with Crippen molar-refractivity contribution < 1.29 is 27.9 Å². The maximum Gasteiger partial charge on any atom is 0.357 e. The van der Waals surface area contributed by atoms with Gasteiger partial charge in [-0.1, -0.05) is 39.5 Å². The van der Waals surface area contributed by atoms with Crippen LogP contribution in [0.5, 0.6) is 0 Å². The van der Waals surface area contributed by atoms with Gasteiger partial charge < -0.3 is 9.16 Å². The van der Waals surface area contributed by atoms with E-state index in [9.17, 15) is 23.9 Å². The van der Waals surface area contributed by atoms with Gasteiger partial charge in [-0.3, -0.25) is 24.0 Å². The van der Waals surface area contributed by atoms with E-state index in [0.717, 1.165) is 0 Å². The molecule has 1 aromatic rings. The molecule has 9 nitrogen and oxygen atoms in total. The summed E-state index contributed by atoms with van der Waals surface area (Å²) < 4.78 is 25.0. The Morgan fingerprint density at radius 2 is 1.89 bits per heavy atom. The van der Waals surface area contributed by atoms with E-state index in [4.69, 9.17) is 9.16 Å². The number of hydrogen-bond acceptors (Lipinski definition) is 8. The number of hydrogen-bond donors (Lipinski definition) is 0. The van der Waals surface area contributed by atoms with Gasteiger partial charge in [-0.2, -0.15) is 0 Å². The highest BCUT2D eigenvalue weighted by molar-refractivity contribution is 8.17. The quantitative estimate of drug-likeness (QED) is 0.148. The van der Waals surface area contributed by atoms with Crippen molar-refractivity contribution in [2.24, 2.45) is 5.92 Å². The number of non-ortho nitro benzene ring substituents is 1. The van der Waals surface area contributed by atoms with Crippen LogP contribution in [0.2, 0.25) is 18.1 Å². The number of carbonyl (C=O) groups excluding carboxylic acids is 2. The summed E-state index contributed by atoms with van der Waals surface area (Å²) in [4.78, 5) is 38.0. The van der Waals surface area contributed by atoms with E-state index >= 15 is 0 Å². The van der Waals surface area contributed by atoms with Gasteiger partial charge in [0.15, 0.2) is 14.0 Å². The summed E-state index contributed by atoms with van der Waals surface area (Å²) in [6.45, 7) is 14.2. The fourth-order valence-electron chi connectivity index (χ4n) is 3.67. The molecular weight excluding hydrogens is 508 g/mol. The molecule has 12 heteroatoms. The highest BCUT2D eigenvalue weighted by Gasteiger charge is 2.60. The molecule has 2 aliphatic heterocycles. The van der Waals surface area contributed by atoms with Gasteiger partial charge in [-0.15, -0.1) is 0 Å². The van der Waals surface area contributed by atoms with E-state index in [1.165, 1.54) is 40.9 Å². The van der Waals surface area contributed by atoms with Crippen molar-refractivity contribution in [2.75, 3.05) is 5.75 Å². The van der Waals surface area contributed by atoms with Gasteiger partial charge in [0.25, 0.3) is 5.69 Å². The molecule has 0 aliphatic carbocycles. The first-order chi connectivity index (χ1) is 16.2. The summed E-state index contributed by atoms with van der Waals surface area (Å²) in [6.07, 6.45) is -0.344. The Bertz CT molecular complexity index is 1080. The SMILES string of the molecule is CCS(=O)C1=C(C(=O)OCc2ccc([N+](=O)[O-])cc2)N2C(=O)[C@H]([C@@H](C)O[Si](C)(C)C(C)(C)C)[C@H]2S1. The molecule has 0 aromatic heterocycles. The Kier molecular flexibility index (Phi) is 7.99. The lowest BCUT2D eigenvalue weighted by molar-refractivity contribution is -0.384. The smallest absolute Gasteiger partial charge is 0.357 e. The highest BCUT2D eigenvalue weighted by Crippen LogP contribution is 2.52. The van der Waals surface area contributed by atoms with Crippen LogP contribution in [-0.4, -0.2) is 51.5 Å². The molecule has 3 rings (SSSR count). The van der Waals surface area contributed by atoms with Gasteiger partial charge in [0.2, 0.25) is 5.91 Å². The van der Waals surface area contributed by atoms with Crippen LogP contribution in [0.3, 0.4) is 0 Å². The Morgan fingerprint density at radius 3 is 2.40 bits per heavy atom. The number of esters is 1. The monoisotopic (exact) mass is 540 g/mol. The van der Waals surface area contributed by atoms with E-state index < -0.39 is 35.9 Å². The molecule has 35 heavy (non-hydrogen) atoms. The van der Waals surface area contributed by atoms with Crippen LogP contribution in [0.4, 0.5) is 5.69 Å². The topological polar surface area (TPSA) is 116 Å². The predicted octanol–water partition coefficient (Wildman–Crippen LogP) is 4.52. The molecule has 1 saturated heterocycles. The van der Waals surface area contributed by atoms with Crippen molar-refractivity contribution in [2.45, 2.75) is 70.8 Å². The second-order valence-corrected chi connectivity index (χ2v) is 17.9. The van der Waals surface area contributed by atoms with E-state index in [-0.39, 0.29) is 40.4 Å². The Morgan fingerprint density at radius 1 is 1.29 bits per heavy atom. The van der Waals surface area contributed by atoms with Crippen molar-refractivity contribution in [3.8, 4) is 0 Å². The summed E-state index contributed by atoms with van der Waals surface area (Å²) in [6, 6.07) is 5.66. The number of amides is 1. The van der Waals surface area contributed by atoms with Crippen molar-refractivity contribution >= 4 is 48.4 Å². The Labute approximate surface area is 213 Å². The normalized spacial score (nSPS) is 21.9. The highest BCUT2D eigenvalue weighted by atomic mass is 32.2. The zero-order valence-electron chi connectivity index (χ0n) is 21.0. The molecule has 4 atom stereocenters. The van der Waals surface area contributed by atoms with Gasteiger partial charge in [0.05, 0.1) is 27.7 Å². The van der Waals surface area contributed by atoms with Crippen LogP contribution in [0.15, 0.2) is 34.2 Å². The van der Waals surface area contributed by atoms with Crippen molar-refractivity contribution in [1.29, 1.82) is 0 Å². The van der Waals surface area contributed by atoms with E-state index in [1.54, 1.807) is 6.92 Å². The molecule has 2 aliphatic rings. The third-order valence-corrected chi connectivity index (χ3v) is 14.4. The number of rotatable bonds is 9. The number of thioether (sulfide) groups is 1. The molecule has 192 valence electrons. The van der Waals surface area contributed by atoms with Crippen molar-refractivity contribution in [1.82, 2.24) is 4.90 Å². The van der Waals surface area contributed by atoms with Crippen LogP contribution in [-0.2, 0) is 36.2 Å². The minimum atomic E-state index is -2.12. The van der Waals surface area contributed by atoms with Crippen LogP contribution >= 0.6 is 11.8 Å². The molecule has 1 amide bonds. The second kappa shape index (κ2) is 10.2. The third kappa shape index (κ3) is 5.40. The summed E-state index contributed by atoms with van der Waals surface area (Å²) in [5.41, 5.74) is 0.529. The number of fused-ring (bicyclic) bond motifs is 1. The first kappa shape index (κ1) is 27.6. The largest absolute Gasteiger partial charge is 0.456 e. The van der Waals surface area contributed by atoms with Crippen LogP contribution < -0.4 is 0 Å². The van der Waals surface area contributed by atoms with Crippen molar-refractivity contribution in [3.63, 3.8) is 0 Å². The standard InChI is InChI=1S/C23H32N2O7S2Si/c1-8-34(30)22-18(21(27)31-13-15-9-11-16(12-10-15)25(28)29)24-19(26)17(20(24)33-22)14(2)32-35(6,7)23(3,4)5/h9-12,14,17,20H,8,13H2,1-7H3/t14-,17+,20-,34?/m1/s1. The van der Waals surface area contributed by atoms with Crippen molar-refractivity contribution in [3.05, 3.63) is 49.9 Å². The van der Waals surface area contributed by atoms with E-state index in [1.807, 2.05) is 6.92 Å². The first-order valence-corrected chi connectivity index (χ1v) is 16.5. The number of nitrogens with zero attached hydrogens (tertiary/aromatic N) is 2. The summed E-state index contributed by atoms with van der Waals surface area (Å²) in [7, 11) is -3.57. The summed E-state index contributed by atoms with van der Waals surface area (Å²) in [5, 5.41) is 10.4. The van der Waals surface area contributed by atoms with Crippen LogP contribution in [0.25, 0.3) is 0 Å². The number of nitro benzene ring substituents is 1. The van der Waals surface area contributed by atoms with E-state index in [0.29, 0.717) is 15.6 Å². The number of nitro groups is 1. The lowest BCUT2D eigenvalue weighted by Gasteiger charge is -2.48. The number of ether oxygens (including phenoxy) is 1. The Hall–Kier alpha value is -2.02. The fourth-order valence-corrected chi connectivity index (χ4v) is 8.15. The average molecular weight is 541 g/mol. The van der Waals surface area contributed by atoms with Gasteiger partial charge >= 0.3 is 5.97 Å².